The summed E-state index contributed by atoms with van der Waals surface area (Å²) in [5.41, 5.74) is 0.960. The molecule has 0 radical (unpaired) electrons. The molecule has 3 heterocycles. The van der Waals surface area contributed by atoms with Gasteiger partial charge in [0.05, 0.1) is 22.0 Å². The molecule has 1 fully saturated rings. The molecule has 5 rings (SSSR count). The van der Waals surface area contributed by atoms with Crippen LogP contribution >= 0.6 is 11.6 Å². The van der Waals surface area contributed by atoms with Crippen LogP contribution < -0.4 is 21.1 Å². The summed E-state index contributed by atoms with van der Waals surface area (Å²) < 4.78 is 42.1. The van der Waals surface area contributed by atoms with Crippen LogP contribution in [0.2, 0.25) is 5.02 Å². The Morgan fingerprint density at radius 2 is 1.95 bits per heavy atom. The van der Waals surface area contributed by atoms with E-state index in [0.29, 0.717) is 49.8 Å². The molecule has 0 atom stereocenters. The maximum Gasteiger partial charge on any atom is 0.416 e. The van der Waals surface area contributed by atoms with E-state index in [-0.39, 0.29) is 28.6 Å². The highest BCUT2D eigenvalue weighted by Crippen LogP contribution is 2.34. The monoisotopic (exact) mass is 577 g/mol. The zero-order valence-electron chi connectivity index (χ0n) is 22.2. The summed E-state index contributed by atoms with van der Waals surface area (Å²) in [4.78, 5) is 33.8. The zero-order valence-corrected chi connectivity index (χ0v) is 22.9. The molecule has 0 saturated carbocycles. The fourth-order valence-corrected chi connectivity index (χ4v) is 5.53. The minimum atomic E-state index is -4.55. The van der Waals surface area contributed by atoms with E-state index in [0.717, 1.165) is 55.9 Å². The number of fused-ring (bicyclic) bond motifs is 1. The summed E-state index contributed by atoms with van der Waals surface area (Å²) in [5, 5.41) is 10.3. The lowest BCUT2D eigenvalue weighted by Gasteiger charge is -2.31. The summed E-state index contributed by atoms with van der Waals surface area (Å²) >= 11 is 6.08. The average molecular weight is 578 g/mol. The Morgan fingerprint density at radius 3 is 2.65 bits per heavy atom. The van der Waals surface area contributed by atoms with Gasteiger partial charge in [-0.25, -0.2) is 0 Å². The smallest absolute Gasteiger partial charge is 0.363 e. The first-order valence-electron chi connectivity index (χ1n) is 13.5. The number of anilines is 2. The molecule has 214 valence electrons. The first-order chi connectivity index (χ1) is 19.2. The number of benzene rings is 1. The Kier molecular flexibility index (Phi) is 8.18. The molecule has 0 bridgehead atoms. The number of hydrogen-bond donors (Lipinski definition) is 2. The van der Waals surface area contributed by atoms with E-state index in [4.69, 9.17) is 16.6 Å². The highest BCUT2D eigenvalue weighted by atomic mass is 35.5. The number of amides is 1. The normalized spacial score (nSPS) is 16.6. The Balaban J connectivity index is 1.57. The summed E-state index contributed by atoms with van der Waals surface area (Å²) in [6, 6.07) is 2.77. The second-order valence-electron chi connectivity index (χ2n) is 9.99. The molecule has 9 nitrogen and oxygen atoms in total. The molecule has 2 aliphatic rings. The molecule has 13 heteroatoms. The maximum atomic E-state index is 13.8. The van der Waals surface area contributed by atoms with Gasteiger partial charge in [-0.15, -0.1) is 5.10 Å². The van der Waals surface area contributed by atoms with E-state index in [1.54, 1.807) is 4.57 Å². The fourth-order valence-electron chi connectivity index (χ4n) is 5.30. The second-order valence-corrected chi connectivity index (χ2v) is 10.4. The van der Waals surface area contributed by atoms with E-state index in [9.17, 15) is 22.8 Å². The van der Waals surface area contributed by atoms with Crippen LogP contribution in [0, 0.1) is 0 Å². The van der Waals surface area contributed by atoms with Crippen molar-refractivity contribution in [2.75, 3.05) is 36.4 Å². The highest BCUT2D eigenvalue weighted by Gasteiger charge is 2.31. The van der Waals surface area contributed by atoms with E-state index in [1.165, 1.54) is 4.52 Å². The van der Waals surface area contributed by atoms with Crippen molar-refractivity contribution in [1.29, 1.82) is 0 Å². The van der Waals surface area contributed by atoms with Gasteiger partial charge in [0.25, 0.3) is 5.56 Å². The summed E-state index contributed by atoms with van der Waals surface area (Å²) in [7, 11) is 0. The van der Waals surface area contributed by atoms with E-state index in [2.05, 4.69) is 21.8 Å². The van der Waals surface area contributed by atoms with Gasteiger partial charge in [-0.2, -0.15) is 22.7 Å². The lowest BCUT2D eigenvalue weighted by molar-refractivity contribution is -0.137. The molecular weight excluding hydrogens is 547 g/mol. The molecule has 1 saturated heterocycles. The van der Waals surface area contributed by atoms with E-state index >= 15 is 0 Å². The Hall–Kier alpha value is -3.38. The number of hydrogen-bond acceptors (Lipinski definition) is 6. The van der Waals surface area contributed by atoms with E-state index < -0.39 is 17.6 Å². The quantitative estimate of drug-likeness (QED) is 0.447. The van der Waals surface area contributed by atoms with Crippen LogP contribution in [0.15, 0.2) is 29.1 Å². The third-order valence-corrected chi connectivity index (χ3v) is 7.61. The van der Waals surface area contributed by atoms with E-state index in [1.807, 2.05) is 11.8 Å². The third-order valence-electron chi connectivity index (χ3n) is 7.29. The van der Waals surface area contributed by atoms with Gasteiger partial charge in [-0.3, -0.25) is 9.59 Å². The second kappa shape index (κ2) is 11.6. The minimum absolute atomic E-state index is 0.0582. The van der Waals surface area contributed by atoms with Crippen LogP contribution in [-0.2, 0) is 23.9 Å². The minimum Gasteiger partial charge on any atom is -0.363 e. The van der Waals surface area contributed by atoms with Crippen LogP contribution in [0.25, 0.3) is 11.4 Å². The summed E-state index contributed by atoms with van der Waals surface area (Å²) in [6.45, 7) is 4.33. The lowest BCUT2D eigenvalue weighted by Crippen LogP contribution is -2.47. The molecule has 1 aromatic carbocycles. The van der Waals surface area contributed by atoms with Crippen molar-refractivity contribution in [3.05, 3.63) is 56.7 Å². The number of allylic oxidation sites excluding steroid dienone is 2. The van der Waals surface area contributed by atoms with Crippen molar-refractivity contribution < 1.29 is 18.0 Å². The number of carbonyl (C=O) groups is 1. The number of rotatable bonds is 6. The molecule has 1 aliphatic heterocycles. The van der Waals surface area contributed by atoms with Gasteiger partial charge in [0.15, 0.2) is 5.82 Å². The molecule has 2 aromatic heterocycles. The topological polar surface area (TPSA) is 96.6 Å². The number of halogens is 4. The van der Waals surface area contributed by atoms with Gasteiger partial charge in [-0.05, 0) is 55.9 Å². The van der Waals surface area contributed by atoms with Gasteiger partial charge in [0.2, 0.25) is 11.7 Å². The molecule has 2 N–H and O–H groups in total. The lowest BCUT2D eigenvalue weighted by atomic mass is 10.1. The first kappa shape index (κ1) is 28.2. The molecule has 1 amide bonds. The van der Waals surface area contributed by atoms with Crippen LogP contribution in [-0.4, -0.2) is 51.3 Å². The predicted molar refractivity (Wildman–Crippen MR) is 148 cm³/mol. The van der Waals surface area contributed by atoms with Gasteiger partial charge < -0.3 is 20.1 Å². The standard InChI is InChI=1S/C27H31ClF3N7O2/c1-2-21-23(36-13-11-32-12-14-36)25(40)38-26(34-24(35-38)17-7-5-3-4-6-8-17)37(21)16-22(39)33-20-10-9-18(15-19(20)28)27(29,30)31/h7,9-10,15,32H,2-6,8,11-14,16H2,1H3,(H,33,39). The number of carbonyl (C=O) groups excluding carboxylic acids is 1. The number of nitrogens with one attached hydrogen (secondary N) is 2. The van der Waals surface area contributed by atoms with Crippen molar-refractivity contribution in [1.82, 2.24) is 24.5 Å². The summed E-state index contributed by atoms with van der Waals surface area (Å²) in [5.74, 6) is 0.194. The SMILES string of the molecule is CCc1c(N2CCNCC2)c(=O)n2nc(C3=CCCCCC3)nc2n1CC(=O)Nc1ccc(C(F)(F)F)cc1Cl. The van der Waals surface area contributed by atoms with Crippen molar-refractivity contribution in [2.24, 2.45) is 0 Å². The number of piperazine rings is 1. The van der Waals surface area contributed by atoms with Crippen molar-refractivity contribution in [2.45, 2.75) is 58.2 Å². The van der Waals surface area contributed by atoms with Crippen LogP contribution in [0.3, 0.4) is 0 Å². The highest BCUT2D eigenvalue weighted by molar-refractivity contribution is 6.33. The average Bonchev–Trinajstić information content (AvgIpc) is 3.19. The number of alkyl halides is 3. The van der Waals surface area contributed by atoms with Crippen molar-refractivity contribution in [3.63, 3.8) is 0 Å². The van der Waals surface area contributed by atoms with Crippen LogP contribution in [0.1, 0.15) is 56.1 Å². The Bertz CT molecular complexity index is 1510. The third kappa shape index (κ3) is 5.73. The largest absolute Gasteiger partial charge is 0.416 e. The number of aromatic nitrogens is 4. The predicted octanol–water partition coefficient (Wildman–Crippen LogP) is 4.52. The van der Waals surface area contributed by atoms with Crippen molar-refractivity contribution >= 4 is 40.2 Å². The fraction of sp³-hybridized carbons (Fsp3) is 0.481. The Morgan fingerprint density at radius 1 is 1.18 bits per heavy atom. The maximum absolute atomic E-state index is 13.8. The molecule has 40 heavy (non-hydrogen) atoms. The molecular formula is C27H31ClF3N7O2. The molecule has 3 aromatic rings. The van der Waals surface area contributed by atoms with Gasteiger partial charge >= 0.3 is 6.18 Å². The van der Waals surface area contributed by atoms with Gasteiger partial charge in [-0.1, -0.05) is 31.0 Å². The van der Waals surface area contributed by atoms with Gasteiger partial charge in [0.1, 0.15) is 12.2 Å². The van der Waals surface area contributed by atoms with Crippen molar-refractivity contribution in [3.8, 4) is 0 Å². The molecule has 1 aliphatic carbocycles. The molecule has 0 spiro atoms. The van der Waals surface area contributed by atoms with Gasteiger partial charge in [0, 0.05) is 26.2 Å². The number of nitrogens with zero attached hydrogens (tertiary/aromatic N) is 5. The molecule has 0 unspecified atom stereocenters. The zero-order chi connectivity index (χ0) is 28.4. The first-order valence-corrected chi connectivity index (χ1v) is 13.9. The van der Waals surface area contributed by atoms with Crippen LogP contribution in [0.4, 0.5) is 24.5 Å². The Labute approximate surface area is 234 Å². The summed E-state index contributed by atoms with van der Waals surface area (Å²) in [6.07, 6.45) is 2.94. The van der Waals surface area contributed by atoms with Crippen LogP contribution in [0.5, 0.6) is 0 Å².